The summed E-state index contributed by atoms with van der Waals surface area (Å²) in [4.78, 5) is 6.82. The van der Waals surface area contributed by atoms with E-state index < -0.39 is 0 Å². The Labute approximate surface area is 119 Å². The minimum absolute atomic E-state index is 1.04. The molecule has 20 heavy (non-hydrogen) atoms. The van der Waals surface area contributed by atoms with Gasteiger partial charge in [-0.25, -0.2) is 0 Å². The monoisotopic (exact) mass is 262 g/mol. The number of aromatic nitrogens is 1. The van der Waals surface area contributed by atoms with Gasteiger partial charge in [-0.2, -0.15) is 0 Å². The molecule has 0 saturated heterocycles. The van der Waals surface area contributed by atoms with Crippen LogP contribution in [-0.2, 0) is 0 Å². The number of fused-ring (bicyclic) bond motifs is 1. The van der Waals surface area contributed by atoms with Gasteiger partial charge in [0, 0.05) is 23.8 Å². The lowest BCUT2D eigenvalue weighted by Crippen LogP contribution is -2.10. The fourth-order valence-corrected chi connectivity index (χ4v) is 2.47. The smallest absolute Gasteiger partial charge is 0.0726 e. The van der Waals surface area contributed by atoms with Gasteiger partial charge in [-0.3, -0.25) is 4.98 Å². The largest absolute Gasteiger partial charge is 0.344 e. The second-order valence-electron chi connectivity index (χ2n) is 5.19. The molecule has 0 bridgehead atoms. The molecular formula is C18H18N2. The highest BCUT2D eigenvalue weighted by Crippen LogP contribution is 2.30. The van der Waals surface area contributed by atoms with Crippen LogP contribution in [0.5, 0.6) is 0 Å². The van der Waals surface area contributed by atoms with Gasteiger partial charge in [0.15, 0.2) is 0 Å². The fourth-order valence-electron chi connectivity index (χ4n) is 2.47. The van der Waals surface area contributed by atoms with Gasteiger partial charge in [0.1, 0.15) is 0 Å². The van der Waals surface area contributed by atoms with Crippen LogP contribution in [-0.4, -0.2) is 12.0 Å². The number of rotatable bonds is 2. The summed E-state index contributed by atoms with van der Waals surface area (Å²) in [5, 5.41) is 1.18. The van der Waals surface area contributed by atoms with Gasteiger partial charge in [0.25, 0.3) is 0 Å². The summed E-state index contributed by atoms with van der Waals surface area (Å²) in [7, 11) is 2.10. The number of nitrogens with zero attached hydrogens (tertiary/aromatic N) is 2. The molecule has 1 aromatic heterocycles. The van der Waals surface area contributed by atoms with E-state index >= 15 is 0 Å². The summed E-state index contributed by atoms with van der Waals surface area (Å²) in [6.45, 7) is 4.15. The van der Waals surface area contributed by atoms with Gasteiger partial charge >= 0.3 is 0 Å². The number of pyridine rings is 1. The first-order chi connectivity index (χ1) is 9.65. The van der Waals surface area contributed by atoms with Crippen molar-refractivity contribution >= 4 is 22.3 Å². The van der Waals surface area contributed by atoms with Crippen LogP contribution in [0.2, 0.25) is 0 Å². The lowest BCUT2D eigenvalue weighted by atomic mass is 10.1. The molecule has 100 valence electrons. The second kappa shape index (κ2) is 4.97. The van der Waals surface area contributed by atoms with E-state index in [0.717, 1.165) is 11.2 Å². The molecule has 0 saturated carbocycles. The van der Waals surface area contributed by atoms with Crippen molar-refractivity contribution in [1.82, 2.24) is 4.98 Å². The SMILES string of the molecule is Cc1ccc(N(C)c2cc(C)nc3ccccc23)cc1. The van der Waals surface area contributed by atoms with E-state index in [1.165, 1.54) is 22.3 Å². The van der Waals surface area contributed by atoms with E-state index in [9.17, 15) is 0 Å². The lowest BCUT2D eigenvalue weighted by molar-refractivity contribution is 1.18. The van der Waals surface area contributed by atoms with Crippen LogP contribution in [0.15, 0.2) is 54.6 Å². The molecule has 3 aromatic rings. The molecule has 0 aliphatic carbocycles. The third kappa shape index (κ3) is 2.25. The Bertz CT molecular complexity index is 745. The predicted molar refractivity (Wildman–Crippen MR) is 85.7 cm³/mol. The molecule has 0 atom stereocenters. The number of hydrogen-bond donors (Lipinski definition) is 0. The molecule has 1 heterocycles. The van der Waals surface area contributed by atoms with Gasteiger partial charge in [-0.15, -0.1) is 0 Å². The van der Waals surface area contributed by atoms with E-state index in [1.54, 1.807) is 0 Å². The van der Waals surface area contributed by atoms with Crippen molar-refractivity contribution in [1.29, 1.82) is 0 Å². The Morgan fingerprint density at radius 1 is 0.900 bits per heavy atom. The highest BCUT2D eigenvalue weighted by molar-refractivity contribution is 5.93. The summed E-state index contributed by atoms with van der Waals surface area (Å²) in [5.41, 5.74) is 5.74. The molecule has 2 nitrogen and oxygen atoms in total. The maximum atomic E-state index is 4.60. The van der Waals surface area contributed by atoms with Gasteiger partial charge in [0.2, 0.25) is 0 Å². The molecule has 0 spiro atoms. The Balaban J connectivity index is 2.15. The maximum Gasteiger partial charge on any atom is 0.0726 e. The zero-order chi connectivity index (χ0) is 14.1. The summed E-state index contributed by atoms with van der Waals surface area (Å²) >= 11 is 0. The van der Waals surface area contributed by atoms with E-state index in [0.29, 0.717) is 0 Å². The number of benzene rings is 2. The third-order valence-electron chi connectivity index (χ3n) is 3.61. The van der Waals surface area contributed by atoms with Crippen molar-refractivity contribution in [2.75, 3.05) is 11.9 Å². The van der Waals surface area contributed by atoms with Gasteiger partial charge in [-0.05, 0) is 38.1 Å². The maximum absolute atomic E-state index is 4.60. The number of aryl methyl sites for hydroxylation is 2. The first-order valence-electron chi connectivity index (χ1n) is 6.82. The van der Waals surface area contributed by atoms with Gasteiger partial charge < -0.3 is 4.90 Å². The average Bonchev–Trinajstić information content (AvgIpc) is 2.46. The summed E-state index contributed by atoms with van der Waals surface area (Å²) in [5.74, 6) is 0. The van der Waals surface area contributed by atoms with E-state index in [4.69, 9.17) is 0 Å². The van der Waals surface area contributed by atoms with Gasteiger partial charge in [0.05, 0.1) is 11.2 Å². The van der Waals surface area contributed by atoms with Crippen LogP contribution in [0, 0.1) is 13.8 Å². The molecule has 0 amide bonds. The summed E-state index contributed by atoms with van der Waals surface area (Å²) < 4.78 is 0. The molecule has 2 heteroatoms. The Hall–Kier alpha value is -2.35. The fraction of sp³-hybridized carbons (Fsp3) is 0.167. The molecule has 0 fully saturated rings. The summed E-state index contributed by atoms with van der Waals surface area (Å²) in [6.07, 6.45) is 0. The number of hydrogen-bond acceptors (Lipinski definition) is 2. The van der Waals surface area contributed by atoms with Gasteiger partial charge in [-0.1, -0.05) is 35.9 Å². The van der Waals surface area contributed by atoms with Crippen LogP contribution in [0.25, 0.3) is 10.9 Å². The zero-order valence-electron chi connectivity index (χ0n) is 12.1. The molecule has 0 radical (unpaired) electrons. The van der Waals surface area contributed by atoms with E-state index in [-0.39, 0.29) is 0 Å². The van der Waals surface area contributed by atoms with Crippen LogP contribution in [0.1, 0.15) is 11.3 Å². The Morgan fingerprint density at radius 2 is 1.60 bits per heavy atom. The van der Waals surface area contributed by atoms with Crippen LogP contribution < -0.4 is 4.90 Å². The lowest BCUT2D eigenvalue weighted by Gasteiger charge is -2.22. The van der Waals surface area contributed by atoms with Crippen molar-refractivity contribution in [3.8, 4) is 0 Å². The molecule has 2 aromatic carbocycles. The van der Waals surface area contributed by atoms with E-state index in [1.807, 2.05) is 13.0 Å². The standard InChI is InChI=1S/C18H18N2/c1-13-8-10-15(11-9-13)20(3)18-12-14(2)19-17-7-5-4-6-16(17)18/h4-12H,1-3H3. The summed E-state index contributed by atoms with van der Waals surface area (Å²) in [6, 6.07) is 19.0. The Morgan fingerprint density at radius 3 is 2.35 bits per heavy atom. The minimum atomic E-state index is 1.04. The zero-order valence-corrected chi connectivity index (χ0v) is 12.1. The number of anilines is 2. The van der Waals surface area contributed by atoms with Crippen LogP contribution in [0.3, 0.4) is 0 Å². The molecule has 0 N–H and O–H groups in total. The molecule has 3 rings (SSSR count). The Kier molecular flexibility index (Phi) is 3.15. The van der Waals surface area contributed by atoms with Crippen molar-refractivity contribution < 1.29 is 0 Å². The highest BCUT2D eigenvalue weighted by atomic mass is 15.1. The average molecular weight is 262 g/mol. The van der Waals surface area contributed by atoms with Crippen molar-refractivity contribution in [2.24, 2.45) is 0 Å². The molecule has 0 aliphatic rings. The minimum Gasteiger partial charge on any atom is -0.344 e. The molecular weight excluding hydrogens is 244 g/mol. The predicted octanol–water partition coefficient (Wildman–Crippen LogP) is 4.62. The molecule has 0 unspecified atom stereocenters. The van der Waals surface area contributed by atoms with E-state index in [2.05, 4.69) is 72.4 Å². The molecule has 0 aliphatic heterocycles. The topological polar surface area (TPSA) is 16.1 Å². The van der Waals surface area contributed by atoms with Crippen molar-refractivity contribution in [2.45, 2.75) is 13.8 Å². The first-order valence-corrected chi connectivity index (χ1v) is 6.82. The third-order valence-corrected chi connectivity index (χ3v) is 3.61. The normalized spacial score (nSPS) is 10.8. The quantitative estimate of drug-likeness (QED) is 0.670. The first kappa shape index (κ1) is 12.7. The van der Waals surface area contributed by atoms with Crippen LogP contribution in [0.4, 0.5) is 11.4 Å². The second-order valence-corrected chi connectivity index (χ2v) is 5.19. The number of para-hydroxylation sites is 1. The van der Waals surface area contributed by atoms with Crippen LogP contribution >= 0.6 is 0 Å². The van der Waals surface area contributed by atoms with Crippen molar-refractivity contribution in [3.05, 3.63) is 65.9 Å². The highest BCUT2D eigenvalue weighted by Gasteiger charge is 2.09. The van der Waals surface area contributed by atoms with Crippen molar-refractivity contribution in [3.63, 3.8) is 0 Å².